The zero-order chi connectivity index (χ0) is 28.6. The molecule has 4 aromatic rings. The van der Waals surface area contributed by atoms with E-state index in [-0.39, 0.29) is 39.4 Å². The molecule has 12 heteroatoms. The van der Waals surface area contributed by atoms with Crippen LogP contribution in [-0.2, 0) is 9.47 Å². The molecule has 12 nitrogen and oxygen atoms in total. The maximum atomic E-state index is 12.7. The van der Waals surface area contributed by atoms with Gasteiger partial charge in [-0.25, -0.2) is 4.79 Å². The van der Waals surface area contributed by atoms with Gasteiger partial charge in [0.05, 0.1) is 5.56 Å². The van der Waals surface area contributed by atoms with Crippen LogP contribution in [0.3, 0.4) is 0 Å². The highest BCUT2D eigenvalue weighted by Crippen LogP contribution is 2.35. The van der Waals surface area contributed by atoms with Gasteiger partial charge in [0, 0.05) is 23.8 Å². The molecule has 0 saturated carbocycles. The van der Waals surface area contributed by atoms with Gasteiger partial charge in [-0.3, -0.25) is 4.79 Å². The molecule has 6 N–H and O–H groups in total. The summed E-state index contributed by atoms with van der Waals surface area (Å²) in [5.41, 5.74) is -0.211. The summed E-state index contributed by atoms with van der Waals surface area (Å²) in [6.45, 7) is -0.473. The first-order valence-electron chi connectivity index (χ1n) is 12.0. The monoisotopic (exact) mass is 552 g/mol. The molecule has 0 spiro atoms. The second-order valence-electron chi connectivity index (χ2n) is 9.09. The van der Waals surface area contributed by atoms with E-state index in [1.807, 2.05) is 0 Å². The fraction of sp³-hybridized carbons (Fsp3) is 0.214. The largest absolute Gasteiger partial charge is 0.507 e. The number of carbonyl (C=O) groups excluding carboxylic acids is 1. The van der Waals surface area contributed by atoms with E-state index in [0.29, 0.717) is 0 Å². The first-order valence-corrected chi connectivity index (χ1v) is 12.0. The summed E-state index contributed by atoms with van der Waals surface area (Å²) in [5.74, 6) is -2.13. The fourth-order valence-electron chi connectivity index (χ4n) is 4.23. The Hall–Kier alpha value is -4.62. The zero-order valence-electron chi connectivity index (χ0n) is 20.6. The molecule has 40 heavy (non-hydrogen) atoms. The quantitative estimate of drug-likeness (QED) is 0.150. The Balaban J connectivity index is 1.38. The Labute approximate surface area is 225 Å². The Bertz CT molecular complexity index is 1600. The van der Waals surface area contributed by atoms with Gasteiger partial charge >= 0.3 is 5.97 Å². The van der Waals surface area contributed by atoms with Crippen molar-refractivity contribution in [3.05, 3.63) is 82.5 Å². The topological polar surface area (TPSA) is 196 Å². The Morgan fingerprint density at radius 1 is 0.825 bits per heavy atom. The van der Waals surface area contributed by atoms with Gasteiger partial charge in [-0.2, -0.15) is 0 Å². The van der Waals surface area contributed by atoms with Crippen molar-refractivity contribution in [3.63, 3.8) is 0 Å². The molecule has 1 aliphatic rings. The summed E-state index contributed by atoms with van der Waals surface area (Å²) < 4.78 is 22.1. The second-order valence-corrected chi connectivity index (χ2v) is 9.09. The van der Waals surface area contributed by atoms with Gasteiger partial charge in [0.25, 0.3) is 0 Å². The smallest absolute Gasteiger partial charge is 0.338 e. The molecule has 1 fully saturated rings. The van der Waals surface area contributed by atoms with E-state index in [1.165, 1.54) is 36.4 Å². The number of aliphatic hydroxyl groups excluding tert-OH is 3. The van der Waals surface area contributed by atoms with Crippen LogP contribution in [-0.4, -0.2) is 73.9 Å². The van der Waals surface area contributed by atoms with Crippen LogP contribution >= 0.6 is 0 Å². The van der Waals surface area contributed by atoms with E-state index >= 15 is 0 Å². The Morgan fingerprint density at radius 2 is 1.57 bits per heavy atom. The van der Waals surface area contributed by atoms with Crippen molar-refractivity contribution in [2.75, 3.05) is 6.61 Å². The highest BCUT2D eigenvalue weighted by Gasteiger charge is 2.45. The molecular formula is C28H24O12. The average molecular weight is 552 g/mol. The van der Waals surface area contributed by atoms with Crippen LogP contribution in [0.5, 0.6) is 23.0 Å². The van der Waals surface area contributed by atoms with Crippen molar-refractivity contribution in [3.8, 4) is 34.3 Å². The molecule has 0 bridgehead atoms. The number of hydrogen-bond acceptors (Lipinski definition) is 12. The molecule has 2 heterocycles. The lowest BCUT2D eigenvalue weighted by Gasteiger charge is -2.39. The standard InChI is InChI=1S/C28H24O12/c29-16-7-6-14(8-17(16)30)20-11-19(32)23-18(31)9-15(10-21(23)39-20)38-28-26(35)25(34)24(33)22(40-28)12-37-27(36)13-4-2-1-3-5-13/h1-11,22,24-26,28-31,33-35H,12H2/t22-,24-,25+,26-,28-/m1/s1. The zero-order valence-corrected chi connectivity index (χ0v) is 20.6. The van der Waals surface area contributed by atoms with Crippen molar-refractivity contribution in [2.45, 2.75) is 30.7 Å². The third kappa shape index (κ3) is 5.28. The van der Waals surface area contributed by atoms with Crippen molar-refractivity contribution in [1.82, 2.24) is 0 Å². The van der Waals surface area contributed by atoms with Crippen LogP contribution in [0.15, 0.2) is 75.9 Å². The van der Waals surface area contributed by atoms with E-state index in [4.69, 9.17) is 18.6 Å². The second kappa shape index (κ2) is 10.9. The lowest BCUT2D eigenvalue weighted by Crippen LogP contribution is -2.60. The van der Waals surface area contributed by atoms with Crippen molar-refractivity contribution in [1.29, 1.82) is 0 Å². The molecule has 0 aliphatic carbocycles. The van der Waals surface area contributed by atoms with E-state index in [1.54, 1.807) is 18.2 Å². The Morgan fingerprint density at radius 3 is 2.30 bits per heavy atom. The van der Waals surface area contributed by atoms with E-state index in [9.17, 15) is 40.2 Å². The number of benzene rings is 3. The van der Waals surface area contributed by atoms with E-state index < -0.39 is 60.2 Å². The van der Waals surface area contributed by atoms with E-state index in [0.717, 1.165) is 12.1 Å². The van der Waals surface area contributed by atoms with Crippen LogP contribution < -0.4 is 10.2 Å². The minimum atomic E-state index is -1.74. The van der Waals surface area contributed by atoms with E-state index in [2.05, 4.69) is 0 Å². The van der Waals surface area contributed by atoms with Gasteiger partial charge in [-0.1, -0.05) is 18.2 Å². The molecule has 3 aromatic carbocycles. The maximum Gasteiger partial charge on any atom is 0.338 e. The number of rotatable bonds is 6. The summed E-state index contributed by atoms with van der Waals surface area (Å²) in [4.78, 5) is 25.0. The molecule has 0 radical (unpaired) electrons. The van der Waals surface area contributed by atoms with Crippen LogP contribution in [0.4, 0.5) is 0 Å². The number of phenolic OH excluding ortho intramolecular Hbond substituents is 3. The number of phenols is 3. The maximum absolute atomic E-state index is 12.7. The molecule has 5 rings (SSSR count). The van der Waals surface area contributed by atoms with Crippen molar-refractivity contribution < 1.29 is 54.1 Å². The SMILES string of the molecule is O=C(OC[C@H]1O[C@@H](Oc2cc(O)c3c(=O)cc(-c4ccc(O)c(O)c4)oc3c2)[C@H](O)[C@@H](O)[C@@H]1O)c1ccccc1. The van der Waals surface area contributed by atoms with Gasteiger partial charge in [-0.05, 0) is 30.3 Å². The molecule has 208 valence electrons. The highest BCUT2D eigenvalue weighted by molar-refractivity contribution is 5.89. The van der Waals surface area contributed by atoms with Crippen LogP contribution in [0, 0.1) is 0 Å². The minimum absolute atomic E-state index is 0.0112. The summed E-state index contributed by atoms with van der Waals surface area (Å²) >= 11 is 0. The van der Waals surface area contributed by atoms with Gasteiger partial charge in [0.1, 0.15) is 59.3 Å². The number of aromatic hydroxyl groups is 3. The number of esters is 1. The van der Waals surface area contributed by atoms with Crippen molar-refractivity contribution in [2.24, 2.45) is 0 Å². The van der Waals surface area contributed by atoms with Gasteiger partial charge in [-0.15, -0.1) is 0 Å². The first kappa shape index (κ1) is 27.0. The fourth-order valence-corrected chi connectivity index (χ4v) is 4.23. The number of hydrogen-bond donors (Lipinski definition) is 6. The number of aliphatic hydroxyl groups is 3. The highest BCUT2D eigenvalue weighted by atomic mass is 16.7. The van der Waals surface area contributed by atoms with Crippen molar-refractivity contribution >= 4 is 16.9 Å². The first-order chi connectivity index (χ1) is 19.1. The molecular weight excluding hydrogens is 528 g/mol. The van der Waals surface area contributed by atoms with Crippen LogP contribution in [0.1, 0.15) is 10.4 Å². The molecule has 0 unspecified atom stereocenters. The van der Waals surface area contributed by atoms with Gasteiger partial charge in [0.2, 0.25) is 6.29 Å². The van der Waals surface area contributed by atoms with Crippen LogP contribution in [0.25, 0.3) is 22.3 Å². The normalized spacial score (nSPS) is 22.6. The third-order valence-corrected chi connectivity index (χ3v) is 6.35. The summed E-state index contributed by atoms with van der Waals surface area (Å²) in [6.07, 6.45) is -7.96. The van der Waals surface area contributed by atoms with Gasteiger partial charge in [0.15, 0.2) is 16.9 Å². The molecule has 0 amide bonds. The van der Waals surface area contributed by atoms with Crippen LogP contribution in [0.2, 0.25) is 0 Å². The minimum Gasteiger partial charge on any atom is -0.507 e. The number of ether oxygens (including phenoxy) is 3. The predicted octanol–water partition coefficient (Wildman–Crippen LogP) is 1.62. The molecule has 1 aliphatic heterocycles. The number of fused-ring (bicyclic) bond motifs is 1. The summed E-state index contributed by atoms with van der Waals surface area (Å²) in [6, 6.07) is 15.3. The van der Waals surface area contributed by atoms with Gasteiger partial charge < -0.3 is 49.3 Å². The lowest BCUT2D eigenvalue weighted by molar-refractivity contribution is -0.277. The lowest BCUT2D eigenvalue weighted by atomic mass is 9.99. The Kier molecular flexibility index (Phi) is 7.32. The molecule has 5 atom stereocenters. The average Bonchev–Trinajstić information content (AvgIpc) is 2.94. The molecule has 1 saturated heterocycles. The summed E-state index contributed by atoms with van der Waals surface area (Å²) in [5, 5.41) is 60.9. The number of carbonyl (C=O) groups is 1. The molecule has 1 aromatic heterocycles. The summed E-state index contributed by atoms with van der Waals surface area (Å²) in [7, 11) is 0. The third-order valence-electron chi connectivity index (χ3n) is 6.35. The predicted molar refractivity (Wildman–Crippen MR) is 137 cm³/mol.